The van der Waals surface area contributed by atoms with E-state index in [-0.39, 0.29) is 18.5 Å². The highest BCUT2D eigenvalue weighted by Crippen LogP contribution is 2.06. The first-order valence-electron chi connectivity index (χ1n) is 6.01. The summed E-state index contributed by atoms with van der Waals surface area (Å²) in [6, 6.07) is 0. The second kappa shape index (κ2) is 6.44. The van der Waals surface area contributed by atoms with Gasteiger partial charge in [-0.05, 0) is 20.8 Å². The molecule has 1 saturated heterocycles. The van der Waals surface area contributed by atoms with Gasteiger partial charge in [0, 0.05) is 26.2 Å². The highest BCUT2D eigenvalue weighted by Gasteiger charge is 2.17. The van der Waals surface area contributed by atoms with Crippen molar-refractivity contribution >= 4 is 11.9 Å². The van der Waals surface area contributed by atoms with Gasteiger partial charge in [0.05, 0.1) is 0 Å². The van der Waals surface area contributed by atoms with Crippen molar-refractivity contribution < 1.29 is 14.4 Å². The molecule has 0 saturated carbocycles. The van der Waals surface area contributed by atoms with Gasteiger partial charge in [0.25, 0.3) is 0 Å². The molecule has 0 aromatic carbocycles. The minimum Gasteiger partial charge on any atom is -0.441 e. The van der Waals surface area contributed by atoms with E-state index < -0.39 is 5.60 Å². The fourth-order valence-corrected chi connectivity index (χ4v) is 1.30. The molecule has 3 N–H and O–H groups in total. The summed E-state index contributed by atoms with van der Waals surface area (Å²) in [7, 11) is 0. The van der Waals surface area contributed by atoms with Gasteiger partial charge in [-0.1, -0.05) is 5.16 Å². The van der Waals surface area contributed by atoms with Gasteiger partial charge in [0.15, 0.2) is 12.4 Å². The van der Waals surface area contributed by atoms with Crippen LogP contribution in [0.3, 0.4) is 0 Å². The third-order valence-corrected chi connectivity index (χ3v) is 2.16. The maximum absolute atomic E-state index is 11.6. The summed E-state index contributed by atoms with van der Waals surface area (Å²) in [6.07, 6.45) is -0.370. The first kappa shape index (κ1) is 14.6. The maximum atomic E-state index is 11.6. The quantitative estimate of drug-likeness (QED) is 0.426. The van der Waals surface area contributed by atoms with Crippen molar-refractivity contribution in [1.29, 1.82) is 0 Å². The zero-order valence-corrected chi connectivity index (χ0v) is 11.2. The molecular formula is C11H22N4O3. The van der Waals surface area contributed by atoms with Crippen LogP contribution in [0.2, 0.25) is 0 Å². The second-order valence-corrected chi connectivity index (χ2v) is 5.08. The topological polar surface area (TPSA) is 89.2 Å². The summed E-state index contributed by atoms with van der Waals surface area (Å²) in [5.41, 5.74) is 5.17. The number of nitrogens with one attached hydrogen (secondary N) is 1. The lowest BCUT2D eigenvalue weighted by Crippen LogP contribution is -2.47. The molecule has 0 spiro atoms. The second-order valence-electron chi connectivity index (χ2n) is 5.08. The summed E-state index contributed by atoms with van der Waals surface area (Å²) in [5.74, 6) is 0.147. The molecule has 0 radical (unpaired) electrons. The van der Waals surface area contributed by atoms with Crippen LogP contribution in [-0.4, -0.2) is 55.2 Å². The van der Waals surface area contributed by atoms with Gasteiger partial charge in [0.2, 0.25) is 0 Å². The summed E-state index contributed by atoms with van der Waals surface area (Å²) < 4.78 is 5.03. The molecule has 0 bridgehead atoms. The molecule has 7 nitrogen and oxygen atoms in total. The average molecular weight is 258 g/mol. The molecule has 0 unspecified atom stereocenters. The zero-order chi connectivity index (χ0) is 13.6. The Bertz CT molecular complexity index is 306. The van der Waals surface area contributed by atoms with E-state index in [9.17, 15) is 4.79 Å². The van der Waals surface area contributed by atoms with Crippen molar-refractivity contribution in [3.8, 4) is 0 Å². The Morgan fingerprint density at radius 3 is 2.56 bits per heavy atom. The molecule has 104 valence electrons. The van der Waals surface area contributed by atoms with Gasteiger partial charge < -0.3 is 25.5 Å². The van der Waals surface area contributed by atoms with Crippen molar-refractivity contribution in [2.45, 2.75) is 26.4 Å². The number of piperazine rings is 1. The van der Waals surface area contributed by atoms with Crippen molar-refractivity contribution in [3.05, 3.63) is 0 Å². The highest BCUT2D eigenvalue weighted by atomic mass is 16.7. The molecule has 0 aromatic heterocycles. The largest absolute Gasteiger partial charge is 0.441 e. The number of nitrogens with zero attached hydrogens (tertiary/aromatic N) is 2. The highest BCUT2D eigenvalue weighted by molar-refractivity contribution is 5.83. The first-order chi connectivity index (χ1) is 8.38. The molecule has 7 heteroatoms. The summed E-state index contributed by atoms with van der Waals surface area (Å²) >= 11 is 0. The van der Waals surface area contributed by atoms with Gasteiger partial charge in [0.1, 0.15) is 5.60 Å². The van der Waals surface area contributed by atoms with E-state index >= 15 is 0 Å². The third-order valence-electron chi connectivity index (χ3n) is 2.16. The lowest BCUT2D eigenvalue weighted by Gasteiger charge is -2.26. The fourth-order valence-electron chi connectivity index (χ4n) is 1.30. The Hall–Kier alpha value is -1.50. The van der Waals surface area contributed by atoms with Crippen molar-refractivity contribution in [2.75, 3.05) is 32.8 Å². The van der Waals surface area contributed by atoms with Gasteiger partial charge in [-0.3, -0.25) is 0 Å². The van der Waals surface area contributed by atoms with Crippen molar-refractivity contribution in [2.24, 2.45) is 10.9 Å². The van der Waals surface area contributed by atoms with Crippen LogP contribution < -0.4 is 11.1 Å². The van der Waals surface area contributed by atoms with Crippen LogP contribution in [-0.2, 0) is 9.57 Å². The monoisotopic (exact) mass is 258 g/mol. The predicted octanol–water partition coefficient (Wildman–Crippen LogP) is 0.116. The molecule has 1 heterocycles. The molecule has 1 fully saturated rings. The molecule has 1 amide bonds. The van der Waals surface area contributed by atoms with Crippen LogP contribution in [0.1, 0.15) is 20.8 Å². The number of amides is 1. The van der Waals surface area contributed by atoms with Crippen molar-refractivity contribution in [3.63, 3.8) is 0 Å². The van der Waals surface area contributed by atoms with E-state index in [4.69, 9.17) is 15.3 Å². The number of oxime groups is 1. The predicted molar refractivity (Wildman–Crippen MR) is 68.3 cm³/mol. The van der Waals surface area contributed by atoms with E-state index in [2.05, 4.69) is 10.5 Å². The zero-order valence-electron chi connectivity index (χ0n) is 11.2. The Kier molecular flexibility index (Phi) is 5.21. The third kappa shape index (κ3) is 5.72. The van der Waals surface area contributed by atoms with Crippen LogP contribution >= 0.6 is 0 Å². The van der Waals surface area contributed by atoms with Gasteiger partial charge in [-0.15, -0.1) is 0 Å². The number of nitrogens with two attached hydrogens (primary N) is 1. The molecule has 0 atom stereocenters. The molecule has 1 aliphatic heterocycles. The Balaban J connectivity index is 2.28. The number of amidine groups is 1. The van der Waals surface area contributed by atoms with E-state index in [1.54, 1.807) is 4.90 Å². The van der Waals surface area contributed by atoms with Gasteiger partial charge in [-0.25, -0.2) is 4.79 Å². The number of carbonyl (C=O) groups is 1. The average Bonchev–Trinajstić information content (AvgIpc) is 2.33. The van der Waals surface area contributed by atoms with Crippen molar-refractivity contribution in [1.82, 2.24) is 10.2 Å². The Labute approximate surface area is 107 Å². The van der Waals surface area contributed by atoms with Crippen LogP contribution in [0.4, 0.5) is 4.79 Å². The van der Waals surface area contributed by atoms with E-state index in [0.29, 0.717) is 13.1 Å². The van der Waals surface area contributed by atoms with Crippen LogP contribution in [0, 0.1) is 0 Å². The van der Waals surface area contributed by atoms with E-state index in [0.717, 1.165) is 13.1 Å². The van der Waals surface area contributed by atoms with Gasteiger partial charge >= 0.3 is 6.09 Å². The number of hydrogen-bond donors (Lipinski definition) is 2. The minimum atomic E-state index is -0.410. The standard InChI is InChI=1S/C11H22N4O3/c1-11(2,3)18-14-9(12)8-17-10(16)15-6-4-13-5-7-15/h13H,4-8H2,1-3H3,(H2,12,14). The number of carbonyl (C=O) groups excluding carboxylic acids is 1. The minimum absolute atomic E-state index is 0.0567. The van der Waals surface area contributed by atoms with Gasteiger partial charge in [-0.2, -0.15) is 0 Å². The molecule has 1 rings (SSSR count). The Morgan fingerprint density at radius 2 is 2.00 bits per heavy atom. The molecule has 18 heavy (non-hydrogen) atoms. The SMILES string of the molecule is CC(C)(C)ON=C(N)COC(=O)N1CCNCC1. The van der Waals surface area contributed by atoms with Crippen LogP contribution in [0.5, 0.6) is 0 Å². The molecule has 0 aromatic rings. The number of hydrogen-bond acceptors (Lipinski definition) is 5. The fraction of sp³-hybridized carbons (Fsp3) is 0.818. The first-order valence-corrected chi connectivity index (χ1v) is 6.01. The number of ether oxygens (including phenoxy) is 1. The summed E-state index contributed by atoms with van der Waals surface area (Å²) in [6.45, 7) is 8.38. The number of rotatable bonds is 3. The smallest absolute Gasteiger partial charge is 0.410 e. The van der Waals surface area contributed by atoms with Crippen LogP contribution in [0.15, 0.2) is 5.16 Å². The summed E-state index contributed by atoms with van der Waals surface area (Å²) in [4.78, 5) is 18.4. The Morgan fingerprint density at radius 1 is 1.39 bits per heavy atom. The molecule has 1 aliphatic rings. The molecule has 0 aliphatic carbocycles. The van der Waals surface area contributed by atoms with E-state index in [1.165, 1.54) is 0 Å². The van der Waals surface area contributed by atoms with Crippen LogP contribution in [0.25, 0.3) is 0 Å². The van der Waals surface area contributed by atoms with E-state index in [1.807, 2.05) is 20.8 Å². The lowest BCUT2D eigenvalue weighted by atomic mass is 10.2. The summed E-state index contributed by atoms with van der Waals surface area (Å²) in [5, 5.41) is 6.85. The molecular weight excluding hydrogens is 236 g/mol. The maximum Gasteiger partial charge on any atom is 0.410 e. The normalized spacial score (nSPS) is 17.5. The lowest BCUT2D eigenvalue weighted by molar-refractivity contribution is -0.000434.